The van der Waals surface area contributed by atoms with Crippen molar-refractivity contribution in [3.8, 4) is 5.75 Å². The van der Waals surface area contributed by atoms with E-state index in [9.17, 15) is 9.90 Å². The van der Waals surface area contributed by atoms with E-state index in [1.807, 2.05) is 0 Å². The van der Waals surface area contributed by atoms with Crippen LogP contribution in [-0.2, 0) is 0 Å². The first-order valence-corrected chi connectivity index (χ1v) is 5.56. The highest BCUT2D eigenvalue weighted by atomic mass is 16.3. The minimum atomic E-state index is 0.127. The highest BCUT2D eigenvalue weighted by Crippen LogP contribution is 2.14. The van der Waals surface area contributed by atoms with Gasteiger partial charge in [0.2, 0.25) is 0 Å². The number of Topliss-reactive ketones (excluding diaryl/α,β-unsaturated/α-hetero) is 1. The lowest BCUT2D eigenvalue weighted by Crippen LogP contribution is -1.98. The van der Waals surface area contributed by atoms with E-state index in [4.69, 9.17) is 0 Å². The summed E-state index contributed by atoms with van der Waals surface area (Å²) in [6.07, 6.45) is 5.01. The Balaban J connectivity index is 2.40. The molecule has 2 nitrogen and oxygen atoms in total. The SMILES string of the molecule is CCCCCCC(=O)c1cccc(O)c1. The van der Waals surface area contributed by atoms with E-state index >= 15 is 0 Å². The minimum Gasteiger partial charge on any atom is -0.508 e. The molecule has 0 radical (unpaired) electrons. The largest absolute Gasteiger partial charge is 0.508 e. The van der Waals surface area contributed by atoms with Crippen LogP contribution in [0.4, 0.5) is 0 Å². The zero-order valence-corrected chi connectivity index (χ0v) is 9.20. The van der Waals surface area contributed by atoms with Crippen molar-refractivity contribution in [2.45, 2.75) is 39.0 Å². The molecule has 0 spiro atoms. The number of phenols is 1. The number of aromatic hydroxyl groups is 1. The lowest BCUT2D eigenvalue weighted by molar-refractivity contribution is 0.0978. The molecule has 0 saturated carbocycles. The van der Waals surface area contributed by atoms with E-state index in [1.54, 1.807) is 18.2 Å². The van der Waals surface area contributed by atoms with Gasteiger partial charge >= 0.3 is 0 Å². The predicted octanol–water partition coefficient (Wildman–Crippen LogP) is 3.55. The van der Waals surface area contributed by atoms with E-state index in [0.29, 0.717) is 12.0 Å². The van der Waals surface area contributed by atoms with Crippen LogP contribution in [0.2, 0.25) is 0 Å². The number of carbonyl (C=O) groups is 1. The molecule has 82 valence electrons. The average molecular weight is 206 g/mol. The van der Waals surface area contributed by atoms with Crippen molar-refractivity contribution >= 4 is 5.78 Å². The van der Waals surface area contributed by atoms with Gasteiger partial charge in [-0.3, -0.25) is 4.79 Å². The van der Waals surface area contributed by atoms with E-state index in [0.717, 1.165) is 12.8 Å². The van der Waals surface area contributed by atoms with Gasteiger partial charge in [-0.15, -0.1) is 0 Å². The van der Waals surface area contributed by atoms with Crippen molar-refractivity contribution < 1.29 is 9.90 Å². The zero-order chi connectivity index (χ0) is 11.1. The van der Waals surface area contributed by atoms with E-state index in [-0.39, 0.29) is 11.5 Å². The maximum absolute atomic E-state index is 11.6. The molecule has 0 heterocycles. The first-order chi connectivity index (χ1) is 7.24. The van der Waals surface area contributed by atoms with Crippen molar-refractivity contribution in [1.82, 2.24) is 0 Å². The highest BCUT2D eigenvalue weighted by molar-refractivity contribution is 5.96. The molecule has 1 aromatic rings. The van der Waals surface area contributed by atoms with Crippen molar-refractivity contribution in [1.29, 1.82) is 0 Å². The number of hydrogen-bond acceptors (Lipinski definition) is 2. The molecule has 0 atom stereocenters. The molecule has 0 saturated heterocycles. The summed E-state index contributed by atoms with van der Waals surface area (Å²) in [5.41, 5.74) is 0.617. The minimum absolute atomic E-state index is 0.127. The number of carbonyl (C=O) groups excluding carboxylic acids is 1. The molecule has 1 rings (SSSR count). The Hall–Kier alpha value is -1.31. The molecule has 2 heteroatoms. The zero-order valence-electron chi connectivity index (χ0n) is 9.20. The Bertz CT molecular complexity index is 318. The second kappa shape index (κ2) is 6.23. The van der Waals surface area contributed by atoms with Gasteiger partial charge in [0.05, 0.1) is 0 Å². The maximum Gasteiger partial charge on any atom is 0.163 e. The Kier molecular flexibility index (Phi) is 4.88. The first-order valence-electron chi connectivity index (χ1n) is 5.56. The predicted molar refractivity (Wildman–Crippen MR) is 61.2 cm³/mol. The van der Waals surface area contributed by atoms with Gasteiger partial charge in [0.1, 0.15) is 5.75 Å². The molecule has 0 aliphatic rings. The molecule has 1 N–H and O–H groups in total. The molecule has 0 aromatic heterocycles. The summed E-state index contributed by atoms with van der Waals surface area (Å²) in [6, 6.07) is 6.56. The van der Waals surface area contributed by atoms with Gasteiger partial charge in [-0.2, -0.15) is 0 Å². The van der Waals surface area contributed by atoms with Gasteiger partial charge in [-0.25, -0.2) is 0 Å². The van der Waals surface area contributed by atoms with Crippen LogP contribution in [0.3, 0.4) is 0 Å². The van der Waals surface area contributed by atoms with Crippen LogP contribution in [0.5, 0.6) is 5.75 Å². The third-order valence-corrected chi connectivity index (χ3v) is 2.43. The monoisotopic (exact) mass is 206 g/mol. The van der Waals surface area contributed by atoms with E-state index in [2.05, 4.69) is 6.92 Å². The van der Waals surface area contributed by atoms with Crippen molar-refractivity contribution in [3.05, 3.63) is 29.8 Å². The fourth-order valence-corrected chi connectivity index (χ4v) is 1.54. The number of phenolic OH excluding ortho intramolecular Hbond substituents is 1. The standard InChI is InChI=1S/C13H18O2/c1-2-3-4-5-9-13(15)11-7-6-8-12(14)10-11/h6-8,10,14H,2-5,9H2,1H3. The lowest BCUT2D eigenvalue weighted by atomic mass is 10.0. The van der Waals surface area contributed by atoms with Crippen LogP contribution >= 0.6 is 0 Å². The van der Waals surface area contributed by atoms with Crippen molar-refractivity contribution in [2.75, 3.05) is 0 Å². The molecule has 0 aliphatic carbocycles. The van der Waals surface area contributed by atoms with Crippen molar-refractivity contribution in [2.24, 2.45) is 0 Å². The molecular formula is C13H18O2. The number of rotatable bonds is 6. The summed E-state index contributed by atoms with van der Waals surface area (Å²) in [5.74, 6) is 0.288. The van der Waals surface area contributed by atoms with E-state index in [1.165, 1.54) is 18.9 Å². The summed E-state index contributed by atoms with van der Waals surface area (Å²) < 4.78 is 0. The fraction of sp³-hybridized carbons (Fsp3) is 0.462. The summed E-state index contributed by atoms with van der Waals surface area (Å²) in [7, 11) is 0. The molecule has 0 amide bonds. The summed E-state index contributed by atoms with van der Waals surface area (Å²) >= 11 is 0. The number of ketones is 1. The molecule has 0 bridgehead atoms. The van der Waals surface area contributed by atoms with E-state index < -0.39 is 0 Å². The maximum atomic E-state index is 11.6. The smallest absolute Gasteiger partial charge is 0.163 e. The van der Waals surface area contributed by atoms with Gasteiger partial charge in [0, 0.05) is 12.0 Å². The number of unbranched alkanes of at least 4 members (excludes halogenated alkanes) is 3. The topological polar surface area (TPSA) is 37.3 Å². The van der Waals surface area contributed by atoms with Gasteiger partial charge in [0.15, 0.2) is 5.78 Å². The van der Waals surface area contributed by atoms with Crippen LogP contribution in [0, 0.1) is 0 Å². The molecule has 15 heavy (non-hydrogen) atoms. The number of benzene rings is 1. The molecular weight excluding hydrogens is 188 g/mol. The Morgan fingerprint density at radius 2 is 2.07 bits per heavy atom. The van der Waals surface area contributed by atoms with Gasteiger partial charge in [-0.1, -0.05) is 38.3 Å². The van der Waals surface area contributed by atoms with Crippen LogP contribution in [0.15, 0.2) is 24.3 Å². The van der Waals surface area contributed by atoms with Crippen molar-refractivity contribution in [3.63, 3.8) is 0 Å². The normalized spacial score (nSPS) is 10.2. The average Bonchev–Trinajstić information content (AvgIpc) is 2.24. The Labute approximate surface area is 90.9 Å². The quantitative estimate of drug-likeness (QED) is 0.571. The molecule has 0 aliphatic heterocycles. The van der Waals surface area contributed by atoms with Gasteiger partial charge < -0.3 is 5.11 Å². The third kappa shape index (κ3) is 4.15. The second-order valence-corrected chi connectivity index (χ2v) is 3.78. The number of hydrogen-bond donors (Lipinski definition) is 1. The molecule has 1 aromatic carbocycles. The summed E-state index contributed by atoms with van der Waals surface area (Å²) in [5, 5.41) is 9.22. The van der Waals surface area contributed by atoms with Crippen LogP contribution in [0.1, 0.15) is 49.4 Å². The fourth-order valence-electron chi connectivity index (χ4n) is 1.54. The van der Waals surface area contributed by atoms with Crippen LogP contribution < -0.4 is 0 Å². The second-order valence-electron chi connectivity index (χ2n) is 3.78. The molecule has 0 fully saturated rings. The molecule has 0 unspecified atom stereocenters. The van der Waals surface area contributed by atoms with Crippen LogP contribution in [-0.4, -0.2) is 10.9 Å². The highest BCUT2D eigenvalue weighted by Gasteiger charge is 2.05. The Morgan fingerprint density at radius 3 is 2.73 bits per heavy atom. The van der Waals surface area contributed by atoms with Gasteiger partial charge in [-0.05, 0) is 18.6 Å². The van der Waals surface area contributed by atoms with Crippen LogP contribution in [0.25, 0.3) is 0 Å². The summed E-state index contributed by atoms with van der Waals surface area (Å²) in [6.45, 7) is 2.15. The third-order valence-electron chi connectivity index (χ3n) is 2.43. The first kappa shape index (κ1) is 11.8. The van der Waals surface area contributed by atoms with Gasteiger partial charge in [0.25, 0.3) is 0 Å². The summed E-state index contributed by atoms with van der Waals surface area (Å²) in [4.78, 5) is 11.6. The Morgan fingerprint density at radius 1 is 1.27 bits per heavy atom. The lowest BCUT2D eigenvalue weighted by Gasteiger charge is -2.01.